The molecule has 0 aromatic heterocycles. The summed E-state index contributed by atoms with van der Waals surface area (Å²) in [4.78, 5) is 2.38. The van der Waals surface area contributed by atoms with Crippen LogP contribution in [0.3, 0.4) is 0 Å². The van der Waals surface area contributed by atoms with Gasteiger partial charge in [0.2, 0.25) is 0 Å². The summed E-state index contributed by atoms with van der Waals surface area (Å²) in [6.45, 7) is 5.81. The van der Waals surface area contributed by atoms with Gasteiger partial charge in [0.15, 0.2) is 0 Å². The molecule has 2 heterocycles. The fraction of sp³-hybridized carbons (Fsp3) is 0.600. The van der Waals surface area contributed by atoms with Crippen molar-refractivity contribution in [3.8, 4) is 5.75 Å². The number of likely N-dealkylation sites (tertiary alicyclic amines) is 1. The number of hydrogen-bond acceptors (Lipinski definition) is 3. The molecule has 104 valence electrons. The van der Waals surface area contributed by atoms with E-state index in [-0.39, 0.29) is 5.54 Å². The Balaban J connectivity index is 1.69. The molecule has 0 amide bonds. The fourth-order valence-corrected chi connectivity index (χ4v) is 3.58. The Hall–Kier alpha value is -0.770. The van der Waals surface area contributed by atoms with Gasteiger partial charge in [-0.15, -0.1) is 0 Å². The van der Waals surface area contributed by atoms with E-state index in [1.807, 2.05) is 12.1 Å². The predicted molar refractivity (Wildman–Crippen MR) is 77.8 cm³/mol. The van der Waals surface area contributed by atoms with Gasteiger partial charge < -0.3 is 10.5 Å². The number of benzene rings is 1. The molecule has 0 spiro atoms. The molecule has 3 nitrogen and oxygen atoms in total. The van der Waals surface area contributed by atoms with Crippen molar-refractivity contribution in [1.82, 2.24) is 4.90 Å². The number of halogens is 1. The number of nitrogens with two attached hydrogens (primary N) is 1. The standard InChI is InChI=1S/C15H21ClN2O/c1-2-4-15(17)9-18(10-15)8-12-7-13(16)6-11-3-5-19-14(11)12/h6-7H,2-5,8-10,17H2,1H3. The number of hydrogen-bond donors (Lipinski definition) is 1. The van der Waals surface area contributed by atoms with Gasteiger partial charge in [0.1, 0.15) is 5.75 Å². The fourth-order valence-electron chi connectivity index (χ4n) is 3.32. The first-order valence-electron chi connectivity index (χ1n) is 7.05. The zero-order valence-electron chi connectivity index (χ0n) is 11.4. The first kappa shape index (κ1) is 13.2. The second kappa shape index (κ2) is 4.97. The van der Waals surface area contributed by atoms with Crippen LogP contribution in [0.15, 0.2) is 12.1 Å². The average Bonchev–Trinajstić information content (AvgIpc) is 2.75. The summed E-state index contributed by atoms with van der Waals surface area (Å²) in [6.07, 6.45) is 3.23. The smallest absolute Gasteiger partial charge is 0.127 e. The first-order chi connectivity index (χ1) is 9.09. The molecule has 0 saturated carbocycles. The van der Waals surface area contributed by atoms with Crippen LogP contribution in [0.5, 0.6) is 5.75 Å². The van der Waals surface area contributed by atoms with Crippen molar-refractivity contribution >= 4 is 11.6 Å². The Bertz CT molecular complexity index is 483. The van der Waals surface area contributed by atoms with Crippen LogP contribution in [0.1, 0.15) is 30.9 Å². The topological polar surface area (TPSA) is 38.5 Å². The Labute approximate surface area is 119 Å². The van der Waals surface area contributed by atoms with Gasteiger partial charge in [-0.2, -0.15) is 0 Å². The molecule has 0 aliphatic carbocycles. The molecule has 4 heteroatoms. The third kappa shape index (κ3) is 2.60. The number of rotatable bonds is 4. The number of nitrogens with zero attached hydrogens (tertiary/aromatic N) is 1. The van der Waals surface area contributed by atoms with Crippen molar-refractivity contribution < 1.29 is 4.74 Å². The average molecular weight is 281 g/mol. The predicted octanol–water partition coefficient (Wildman–Crippen LogP) is 2.59. The van der Waals surface area contributed by atoms with Crippen molar-refractivity contribution in [3.63, 3.8) is 0 Å². The summed E-state index contributed by atoms with van der Waals surface area (Å²) in [6, 6.07) is 4.05. The van der Waals surface area contributed by atoms with Crippen molar-refractivity contribution in [3.05, 3.63) is 28.3 Å². The van der Waals surface area contributed by atoms with Crippen LogP contribution in [-0.2, 0) is 13.0 Å². The molecule has 1 fully saturated rings. The maximum atomic E-state index is 6.30. The van der Waals surface area contributed by atoms with Gasteiger partial charge in [-0.25, -0.2) is 0 Å². The van der Waals surface area contributed by atoms with Gasteiger partial charge in [-0.3, -0.25) is 4.90 Å². The van der Waals surface area contributed by atoms with Crippen LogP contribution in [-0.4, -0.2) is 30.1 Å². The Kier molecular flexibility index (Phi) is 3.46. The van der Waals surface area contributed by atoms with Crippen molar-refractivity contribution in [2.45, 2.75) is 38.3 Å². The van der Waals surface area contributed by atoms with Gasteiger partial charge in [-0.05, 0) is 24.1 Å². The van der Waals surface area contributed by atoms with E-state index in [1.165, 1.54) is 11.1 Å². The molecule has 1 aromatic rings. The summed E-state index contributed by atoms with van der Waals surface area (Å²) < 4.78 is 5.74. The van der Waals surface area contributed by atoms with Crippen LogP contribution in [0.4, 0.5) is 0 Å². The monoisotopic (exact) mass is 280 g/mol. The minimum atomic E-state index is 0.0252. The van der Waals surface area contributed by atoms with E-state index in [2.05, 4.69) is 11.8 Å². The van der Waals surface area contributed by atoms with E-state index in [0.29, 0.717) is 0 Å². The van der Waals surface area contributed by atoms with Gasteiger partial charge in [0, 0.05) is 42.2 Å². The Morgan fingerprint density at radius 1 is 1.42 bits per heavy atom. The highest BCUT2D eigenvalue weighted by Crippen LogP contribution is 2.35. The second-order valence-corrected chi connectivity index (χ2v) is 6.35. The number of ether oxygens (including phenoxy) is 1. The maximum absolute atomic E-state index is 6.30. The van der Waals surface area contributed by atoms with E-state index in [1.54, 1.807) is 0 Å². The lowest BCUT2D eigenvalue weighted by Crippen LogP contribution is -2.66. The lowest BCUT2D eigenvalue weighted by molar-refractivity contribution is 0.0560. The molecular formula is C15H21ClN2O. The summed E-state index contributed by atoms with van der Waals surface area (Å²) in [5, 5.41) is 0.812. The molecular weight excluding hydrogens is 260 g/mol. The minimum Gasteiger partial charge on any atom is -0.493 e. The maximum Gasteiger partial charge on any atom is 0.127 e. The SMILES string of the molecule is CCCC1(N)CN(Cc2cc(Cl)cc3c2OCC3)C1. The second-order valence-electron chi connectivity index (χ2n) is 5.91. The molecule has 1 saturated heterocycles. The summed E-state index contributed by atoms with van der Waals surface area (Å²) in [7, 11) is 0. The zero-order chi connectivity index (χ0) is 13.5. The van der Waals surface area contributed by atoms with Crippen molar-refractivity contribution in [2.75, 3.05) is 19.7 Å². The highest BCUT2D eigenvalue weighted by Gasteiger charge is 2.38. The lowest BCUT2D eigenvalue weighted by Gasteiger charge is -2.48. The van der Waals surface area contributed by atoms with Crippen molar-refractivity contribution in [1.29, 1.82) is 0 Å². The molecule has 0 radical (unpaired) electrons. The van der Waals surface area contributed by atoms with Gasteiger partial charge in [-0.1, -0.05) is 24.9 Å². The molecule has 0 atom stereocenters. The number of fused-ring (bicyclic) bond motifs is 1. The largest absolute Gasteiger partial charge is 0.493 e. The van der Waals surface area contributed by atoms with Gasteiger partial charge in [0.25, 0.3) is 0 Å². The van der Waals surface area contributed by atoms with Crippen LogP contribution >= 0.6 is 11.6 Å². The highest BCUT2D eigenvalue weighted by molar-refractivity contribution is 6.30. The normalized spacial score (nSPS) is 20.8. The molecule has 2 aliphatic heterocycles. The lowest BCUT2D eigenvalue weighted by atomic mass is 9.86. The first-order valence-corrected chi connectivity index (χ1v) is 7.43. The molecule has 2 N–H and O–H groups in total. The van der Waals surface area contributed by atoms with E-state index in [9.17, 15) is 0 Å². The quantitative estimate of drug-likeness (QED) is 0.921. The molecule has 1 aromatic carbocycles. The highest BCUT2D eigenvalue weighted by atomic mass is 35.5. The van der Waals surface area contributed by atoms with Gasteiger partial charge >= 0.3 is 0 Å². The molecule has 0 unspecified atom stereocenters. The molecule has 3 rings (SSSR count). The zero-order valence-corrected chi connectivity index (χ0v) is 12.2. The summed E-state index contributed by atoms with van der Waals surface area (Å²) in [5.74, 6) is 1.05. The van der Waals surface area contributed by atoms with Gasteiger partial charge in [0.05, 0.1) is 6.61 Å². The Morgan fingerprint density at radius 3 is 2.95 bits per heavy atom. The van der Waals surface area contributed by atoms with Crippen LogP contribution in [0.2, 0.25) is 5.02 Å². The van der Waals surface area contributed by atoms with E-state index < -0.39 is 0 Å². The third-order valence-corrected chi connectivity index (χ3v) is 4.26. The summed E-state index contributed by atoms with van der Waals surface area (Å²) >= 11 is 6.18. The molecule has 2 aliphatic rings. The molecule has 19 heavy (non-hydrogen) atoms. The van der Waals surface area contributed by atoms with Crippen LogP contribution in [0, 0.1) is 0 Å². The molecule has 0 bridgehead atoms. The minimum absolute atomic E-state index is 0.0252. The van der Waals surface area contributed by atoms with Crippen LogP contribution in [0.25, 0.3) is 0 Å². The van der Waals surface area contributed by atoms with Crippen molar-refractivity contribution in [2.24, 2.45) is 5.73 Å². The third-order valence-electron chi connectivity index (χ3n) is 4.04. The Morgan fingerprint density at radius 2 is 2.21 bits per heavy atom. The van der Waals surface area contributed by atoms with Crippen LogP contribution < -0.4 is 10.5 Å². The summed E-state index contributed by atoms with van der Waals surface area (Å²) in [5.41, 5.74) is 8.78. The van der Waals surface area contributed by atoms with E-state index in [4.69, 9.17) is 22.1 Å². The van der Waals surface area contributed by atoms with E-state index in [0.717, 1.165) is 56.3 Å². The van der Waals surface area contributed by atoms with E-state index >= 15 is 0 Å².